The van der Waals surface area contributed by atoms with E-state index in [9.17, 15) is 0 Å². The van der Waals surface area contributed by atoms with Gasteiger partial charge < -0.3 is 4.42 Å². The van der Waals surface area contributed by atoms with Crippen LogP contribution in [0.3, 0.4) is 0 Å². The summed E-state index contributed by atoms with van der Waals surface area (Å²) in [5.41, 5.74) is 8.54. The highest BCUT2D eigenvalue weighted by Gasteiger charge is 2.52. The normalized spacial score (nSPS) is 17.7. The number of rotatable bonds is 1. The molecule has 1 unspecified atom stereocenters. The molecule has 0 fully saturated rings. The molecule has 3 heterocycles. The van der Waals surface area contributed by atoms with E-state index in [0.717, 1.165) is 38.2 Å². The van der Waals surface area contributed by atoms with Gasteiger partial charge in [0.15, 0.2) is 0 Å². The van der Waals surface area contributed by atoms with Crippen LogP contribution in [0.1, 0.15) is 22.4 Å². The second kappa shape index (κ2) is 6.12. The molecule has 0 N–H and O–H groups in total. The summed E-state index contributed by atoms with van der Waals surface area (Å²) in [6.07, 6.45) is 3.60. The van der Waals surface area contributed by atoms with Crippen LogP contribution < -0.4 is 0 Å². The molecular weight excluding hydrogens is 424 g/mol. The Morgan fingerprint density at radius 2 is 1.52 bits per heavy atom. The number of hydrogen-bond acceptors (Lipinski definition) is 4. The lowest BCUT2D eigenvalue weighted by molar-refractivity contribution is 0.655. The zero-order valence-corrected chi connectivity index (χ0v) is 18.3. The third kappa shape index (κ3) is 2.07. The van der Waals surface area contributed by atoms with Gasteiger partial charge in [0.25, 0.3) is 0 Å². The summed E-state index contributed by atoms with van der Waals surface area (Å²) in [5.74, 6) is 0. The van der Waals surface area contributed by atoms with Gasteiger partial charge in [-0.2, -0.15) is 0 Å². The fourth-order valence-corrected chi connectivity index (χ4v) is 6.95. The van der Waals surface area contributed by atoms with Crippen LogP contribution in [0, 0.1) is 0 Å². The fourth-order valence-electron chi connectivity index (χ4n) is 5.81. The Bertz CT molecular complexity index is 1770. The second-order valence-corrected chi connectivity index (χ2v) is 9.63. The molecule has 2 aliphatic rings. The van der Waals surface area contributed by atoms with Crippen molar-refractivity contribution in [3.05, 3.63) is 120 Å². The first-order valence-corrected chi connectivity index (χ1v) is 11.8. The number of aromatic nitrogens is 2. The first-order valence-electron chi connectivity index (χ1n) is 11.0. The van der Waals surface area contributed by atoms with Gasteiger partial charge in [0.1, 0.15) is 16.2 Å². The van der Waals surface area contributed by atoms with Crippen molar-refractivity contribution in [2.24, 2.45) is 0 Å². The van der Waals surface area contributed by atoms with E-state index in [2.05, 4.69) is 72.8 Å². The Labute approximate surface area is 194 Å². The molecule has 8 rings (SSSR count). The molecule has 1 aliphatic heterocycles. The van der Waals surface area contributed by atoms with Crippen molar-refractivity contribution in [3.8, 4) is 11.1 Å². The maximum atomic E-state index is 6.31. The number of furan rings is 1. The van der Waals surface area contributed by atoms with Crippen LogP contribution in [0.25, 0.3) is 33.1 Å². The van der Waals surface area contributed by atoms with Crippen molar-refractivity contribution in [3.63, 3.8) is 0 Å². The van der Waals surface area contributed by atoms with Crippen molar-refractivity contribution in [1.29, 1.82) is 0 Å². The molecule has 1 aliphatic carbocycles. The van der Waals surface area contributed by atoms with Gasteiger partial charge in [0.05, 0.1) is 11.1 Å². The standard InChI is InChI=1S/C29H16N2OS/c1-3-9-22-18(6-1)21-8-5-11-25-26(21)29(22,27-28(33-25)31-15-14-30-27)17-12-13-20-19-7-2-4-10-23(19)32-24(20)16-17/h1-16H. The number of fused-ring (bicyclic) bond motifs is 8. The molecule has 1 atom stereocenters. The zero-order chi connectivity index (χ0) is 21.6. The minimum Gasteiger partial charge on any atom is -0.456 e. The van der Waals surface area contributed by atoms with Crippen molar-refractivity contribution in [2.75, 3.05) is 0 Å². The van der Waals surface area contributed by atoms with Gasteiger partial charge in [-0.05, 0) is 46.0 Å². The number of para-hydroxylation sites is 1. The van der Waals surface area contributed by atoms with E-state index >= 15 is 0 Å². The van der Waals surface area contributed by atoms with Gasteiger partial charge in [0, 0.05) is 28.1 Å². The highest BCUT2D eigenvalue weighted by molar-refractivity contribution is 7.99. The largest absolute Gasteiger partial charge is 0.456 e. The average Bonchev–Trinajstić information content (AvgIpc) is 3.39. The summed E-state index contributed by atoms with van der Waals surface area (Å²) in [6, 6.07) is 30.2. The number of benzene rings is 4. The summed E-state index contributed by atoms with van der Waals surface area (Å²) in [4.78, 5) is 11.0. The van der Waals surface area contributed by atoms with E-state index in [-0.39, 0.29) is 0 Å². The van der Waals surface area contributed by atoms with Gasteiger partial charge in [-0.25, -0.2) is 4.98 Å². The van der Waals surface area contributed by atoms with Crippen LogP contribution >= 0.6 is 11.8 Å². The minimum atomic E-state index is -0.523. The molecule has 6 aromatic rings. The summed E-state index contributed by atoms with van der Waals surface area (Å²) in [6.45, 7) is 0. The Balaban J connectivity index is 1.56. The molecular formula is C29H16N2OS. The molecule has 0 amide bonds. The molecule has 0 spiro atoms. The molecule has 0 saturated carbocycles. The third-order valence-electron chi connectivity index (χ3n) is 7.06. The summed E-state index contributed by atoms with van der Waals surface area (Å²) < 4.78 is 6.31. The molecule has 33 heavy (non-hydrogen) atoms. The van der Waals surface area contributed by atoms with Gasteiger partial charge >= 0.3 is 0 Å². The topological polar surface area (TPSA) is 38.9 Å². The molecule has 0 saturated heterocycles. The SMILES string of the molecule is c1ccc2c(c1)-c1cccc3c1C2(c1ccc2c(c1)oc1ccccc12)c1nccnc1S3. The zero-order valence-electron chi connectivity index (χ0n) is 17.4. The summed E-state index contributed by atoms with van der Waals surface area (Å²) >= 11 is 1.71. The molecule has 0 radical (unpaired) electrons. The molecule has 4 aromatic carbocycles. The van der Waals surface area contributed by atoms with E-state index in [0.29, 0.717) is 0 Å². The molecule has 2 aromatic heterocycles. The van der Waals surface area contributed by atoms with Crippen LogP contribution in [-0.2, 0) is 5.41 Å². The number of hydrogen-bond donors (Lipinski definition) is 0. The number of nitrogens with zero attached hydrogens (tertiary/aromatic N) is 2. The van der Waals surface area contributed by atoms with Crippen LogP contribution in [0.5, 0.6) is 0 Å². The van der Waals surface area contributed by atoms with Gasteiger partial charge in [-0.1, -0.05) is 78.5 Å². The van der Waals surface area contributed by atoms with E-state index in [4.69, 9.17) is 14.4 Å². The monoisotopic (exact) mass is 440 g/mol. The highest BCUT2D eigenvalue weighted by atomic mass is 32.2. The Morgan fingerprint density at radius 3 is 2.52 bits per heavy atom. The quantitative estimate of drug-likeness (QED) is 0.270. The van der Waals surface area contributed by atoms with Crippen molar-refractivity contribution >= 4 is 33.7 Å². The lowest BCUT2D eigenvalue weighted by Gasteiger charge is -2.37. The second-order valence-electron chi connectivity index (χ2n) is 8.60. The fraction of sp³-hybridized carbons (Fsp3) is 0.0345. The van der Waals surface area contributed by atoms with E-state index in [1.165, 1.54) is 27.1 Å². The van der Waals surface area contributed by atoms with E-state index in [1.807, 2.05) is 18.3 Å². The van der Waals surface area contributed by atoms with E-state index in [1.54, 1.807) is 18.0 Å². The minimum absolute atomic E-state index is 0.523. The highest BCUT2D eigenvalue weighted by Crippen LogP contribution is 2.62. The predicted molar refractivity (Wildman–Crippen MR) is 131 cm³/mol. The van der Waals surface area contributed by atoms with Crippen LogP contribution in [0.2, 0.25) is 0 Å². The Kier molecular flexibility index (Phi) is 3.27. The maximum Gasteiger partial charge on any atom is 0.135 e. The first-order chi connectivity index (χ1) is 16.4. The van der Waals surface area contributed by atoms with Gasteiger partial charge in [0.2, 0.25) is 0 Å². The van der Waals surface area contributed by atoms with Crippen molar-refractivity contribution < 1.29 is 4.42 Å². The third-order valence-corrected chi connectivity index (χ3v) is 8.11. The first kappa shape index (κ1) is 17.6. The predicted octanol–water partition coefficient (Wildman–Crippen LogP) is 7.20. The van der Waals surface area contributed by atoms with Crippen molar-refractivity contribution in [1.82, 2.24) is 9.97 Å². The smallest absolute Gasteiger partial charge is 0.135 e. The summed E-state index contributed by atoms with van der Waals surface area (Å²) in [7, 11) is 0. The molecule has 4 heteroatoms. The Hall–Kier alpha value is -3.89. The summed E-state index contributed by atoms with van der Waals surface area (Å²) in [5, 5.41) is 3.24. The van der Waals surface area contributed by atoms with Gasteiger partial charge in [-0.3, -0.25) is 4.98 Å². The van der Waals surface area contributed by atoms with Gasteiger partial charge in [-0.15, -0.1) is 0 Å². The van der Waals surface area contributed by atoms with E-state index < -0.39 is 5.41 Å². The van der Waals surface area contributed by atoms with Crippen LogP contribution in [-0.4, -0.2) is 9.97 Å². The van der Waals surface area contributed by atoms with Crippen LogP contribution in [0.15, 0.2) is 112 Å². The maximum absolute atomic E-state index is 6.31. The molecule has 154 valence electrons. The van der Waals surface area contributed by atoms with Crippen LogP contribution in [0.4, 0.5) is 0 Å². The lowest BCUT2D eigenvalue weighted by Crippen LogP contribution is -2.33. The average molecular weight is 441 g/mol. The van der Waals surface area contributed by atoms with Crippen molar-refractivity contribution in [2.45, 2.75) is 15.3 Å². The lowest BCUT2D eigenvalue weighted by atomic mass is 9.69. The Morgan fingerprint density at radius 1 is 0.697 bits per heavy atom. The molecule has 3 nitrogen and oxygen atoms in total. The molecule has 0 bridgehead atoms.